The summed E-state index contributed by atoms with van der Waals surface area (Å²) < 4.78 is 10.8. The van der Waals surface area contributed by atoms with Gasteiger partial charge in [0.2, 0.25) is 0 Å². The number of hydrogen-bond donors (Lipinski definition) is 2. The van der Waals surface area contributed by atoms with Gasteiger partial charge in [-0.15, -0.1) is 0 Å². The molecule has 0 spiro atoms. The molecular formula is C24H37N3O4+2. The number of fused-ring (bicyclic) bond motifs is 1. The fraction of sp³-hybridized carbons (Fsp3) is 0.667. The van der Waals surface area contributed by atoms with Crippen LogP contribution in [-0.2, 0) is 27.3 Å². The molecule has 0 bridgehead atoms. The first-order valence-corrected chi connectivity index (χ1v) is 11.9. The summed E-state index contributed by atoms with van der Waals surface area (Å²) in [7, 11) is 0. The van der Waals surface area contributed by atoms with Crippen LogP contribution in [0.2, 0.25) is 0 Å². The van der Waals surface area contributed by atoms with E-state index in [9.17, 15) is 9.59 Å². The second kappa shape index (κ2) is 10.0. The van der Waals surface area contributed by atoms with E-state index in [-0.39, 0.29) is 23.8 Å². The predicted molar refractivity (Wildman–Crippen MR) is 116 cm³/mol. The third-order valence-electron chi connectivity index (χ3n) is 7.22. The van der Waals surface area contributed by atoms with Crippen LogP contribution in [0.1, 0.15) is 37.8 Å². The molecule has 1 aromatic rings. The normalized spacial score (nSPS) is 24.9. The maximum absolute atomic E-state index is 13.1. The smallest absolute Gasteiger partial charge is 0.309 e. The lowest BCUT2D eigenvalue weighted by Gasteiger charge is -2.36. The topological polar surface area (TPSA) is 64.7 Å². The Bertz CT molecular complexity index is 783. The molecule has 170 valence electrons. The van der Waals surface area contributed by atoms with E-state index in [0.717, 1.165) is 64.3 Å². The van der Waals surface area contributed by atoms with Crippen LogP contribution in [-0.4, -0.2) is 75.3 Å². The molecule has 1 atom stereocenters. The van der Waals surface area contributed by atoms with Crippen molar-refractivity contribution in [3.63, 3.8) is 0 Å². The van der Waals surface area contributed by atoms with E-state index < -0.39 is 0 Å². The van der Waals surface area contributed by atoms with Crippen LogP contribution in [0.5, 0.6) is 5.75 Å². The molecule has 2 saturated heterocycles. The Balaban J connectivity index is 1.22. The van der Waals surface area contributed by atoms with Crippen molar-refractivity contribution < 1.29 is 28.9 Å². The molecule has 0 unspecified atom stereocenters. The zero-order valence-corrected chi connectivity index (χ0v) is 19.0. The van der Waals surface area contributed by atoms with E-state index in [2.05, 4.69) is 25.1 Å². The van der Waals surface area contributed by atoms with Crippen LogP contribution in [0, 0.1) is 5.92 Å². The van der Waals surface area contributed by atoms with E-state index in [0.29, 0.717) is 19.7 Å². The van der Waals surface area contributed by atoms with Gasteiger partial charge in [0.05, 0.1) is 19.1 Å². The predicted octanol–water partition coefficient (Wildman–Crippen LogP) is -0.905. The number of benzene rings is 1. The summed E-state index contributed by atoms with van der Waals surface area (Å²) in [5.41, 5.74) is 2.73. The van der Waals surface area contributed by atoms with Gasteiger partial charge < -0.3 is 24.2 Å². The van der Waals surface area contributed by atoms with Crippen LogP contribution in [0.4, 0.5) is 0 Å². The number of amides is 1. The van der Waals surface area contributed by atoms with Gasteiger partial charge in [0, 0.05) is 25.1 Å². The average Bonchev–Trinajstić information content (AvgIpc) is 3.27. The van der Waals surface area contributed by atoms with Gasteiger partial charge in [0.15, 0.2) is 6.04 Å². The average molecular weight is 432 g/mol. The highest BCUT2D eigenvalue weighted by atomic mass is 16.5. The minimum absolute atomic E-state index is 0.0159. The van der Waals surface area contributed by atoms with Crippen LogP contribution >= 0.6 is 0 Å². The van der Waals surface area contributed by atoms with Gasteiger partial charge in [-0.1, -0.05) is 0 Å². The molecule has 31 heavy (non-hydrogen) atoms. The van der Waals surface area contributed by atoms with E-state index in [1.807, 2.05) is 11.8 Å². The molecule has 7 heteroatoms. The summed E-state index contributed by atoms with van der Waals surface area (Å²) in [4.78, 5) is 29.9. The van der Waals surface area contributed by atoms with Gasteiger partial charge in [-0.3, -0.25) is 9.59 Å². The molecule has 3 aliphatic heterocycles. The first kappa shape index (κ1) is 22.1. The van der Waals surface area contributed by atoms with Gasteiger partial charge in [-0.05, 0) is 50.5 Å². The van der Waals surface area contributed by atoms with Crippen molar-refractivity contribution in [3.05, 3.63) is 29.3 Å². The first-order valence-electron chi connectivity index (χ1n) is 11.9. The van der Waals surface area contributed by atoms with E-state index in [1.165, 1.54) is 16.0 Å². The molecule has 3 aliphatic rings. The first-order chi connectivity index (χ1) is 15.0. The lowest BCUT2D eigenvalue weighted by atomic mass is 9.96. The minimum atomic E-state index is -0.108. The largest absolute Gasteiger partial charge is 0.493 e. The Hall–Kier alpha value is -2.12. The quantitative estimate of drug-likeness (QED) is 0.573. The second-order valence-corrected chi connectivity index (χ2v) is 9.20. The molecule has 0 aliphatic carbocycles. The molecule has 0 saturated carbocycles. The van der Waals surface area contributed by atoms with Crippen LogP contribution in [0.15, 0.2) is 18.2 Å². The number of hydrogen-bond acceptors (Lipinski definition) is 4. The molecule has 2 N–H and O–H groups in total. The van der Waals surface area contributed by atoms with Crippen molar-refractivity contribution in [3.8, 4) is 5.75 Å². The molecule has 4 rings (SSSR count). The maximum Gasteiger partial charge on any atom is 0.309 e. The zero-order chi connectivity index (χ0) is 21.8. The molecule has 0 radical (unpaired) electrons. The molecule has 2 fully saturated rings. The monoisotopic (exact) mass is 431 g/mol. The van der Waals surface area contributed by atoms with Gasteiger partial charge in [-0.2, -0.15) is 0 Å². The Kier molecular flexibility index (Phi) is 7.13. The van der Waals surface area contributed by atoms with Crippen molar-refractivity contribution in [1.29, 1.82) is 0 Å². The third-order valence-corrected chi connectivity index (χ3v) is 7.22. The van der Waals surface area contributed by atoms with Crippen molar-refractivity contribution in [2.75, 3.05) is 52.5 Å². The van der Waals surface area contributed by atoms with Crippen molar-refractivity contribution in [2.45, 2.75) is 45.7 Å². The van der Waals surface area contributed by atoms with Crippen molar-refractivity contribution >= 4 is 11.9 Å². The minimum Gasteiger partial charge on any atom is -0.493 e. The fourth-order valence-electron chi connectivity index (χ4n) is 5.22. The Morgan fingerprint density at radius 1 is 1.19 bits per heavy atom. The molecule has 7 nitrogen and oxygen atoms in total. The number of quaternary nitrogens is 2. The number of ether oxygens (including phenoxy) is 2. The fourth-order valence-corrected chi connectivity index (χ4v) is 5.22. The number of carbonyl (C=O) groups is 2. The second-order valence-electron chi connectivity index (χ2n) is 9.20. The van der Waals surface area contributed by atoms with Gasteiger partial charge >= 0.3 is 5.97 Å². The van der Waals surface area contributed by atoms with Gasteiger partial charge in [0.1, 0.15) is 38.5 Å². The molecule has 1 amide bonds. The highest BCUT2D eigenvalue weighted by molar-refractivity contribution is 5.80. The summed E-state index contributed by atoms with van der Waals surface area (Å²) in [5, 5.41) is 0. The number of nitrogens with zero attached hydrogens (tertiary/aromatic N) is 1. The Morgan fingerprint density at radius 2 is 1.94 bits per heavy atom. The van der Waals surface area contributed by atoms with E-state index >= 15 is 0 Å². The maximum atomic E-state index is 13.1. The summed E-state index contributed by atoms with van der Waals surface area (Å²) in [6.45, 7) is 11.7. The zero-order valence-electron chi connectivity index (χ0n) is 19.0. The van der Waals surface area contributed by atoms with Crippen LogP contribution < -0.4 is 14.5 Å². The molecule has 3 heterocycles. The molecule has 0 aromatic heterocycles. The summed E-state index contributed by atoms with van der Waals surface area (Å²) in [5.74, 6) is 1.12. The number of nitrogens with one attached hydrogen (secondary N) is 2. The van der Waals surface area contributed by atoms with Crippen LogP contribution in [0.3, 0.4) is 0 Å². The Morgan fingerprint density at radius 3 is 2.65 bits per heavy atom. The highest BCUT2D eigenvalue weighted by Gasteiger charge is 2.36. The standard InChI is InChI=1S/C24H35N3O4/c1-3-30-24(29)20-6-9-27(10-7-20)23(28)18(2)26-13-11-25(12-14-26)17-19-4-5-22-21(16-19)8-15-31-22/h4-5,16,18,20H,3,6-15,17H2,1-2H3/p+2/t18-/m1/s1. The third kappa shape index (κ3) is 5.21. The summed E-state index contributed by atoms with van der Waals surface area (Å²) in [6.07, 6.45) is 2.46. The molecular weight excluding hydrogens is 394 g/mol. The molecule has 1 aromatic carbocycles. The number of esters is 1. The summed E-state index contributed by atoms with van der Waals surface area (Å²) in [6, 6.07) is 6.60. The van der Waals surface area contributed by atoms with Gasteiger partial charge in [0.25, 0.3) is 5.91 Å². The lowest BCUT2D eigenvalue weighted by molar-refractivity contribution is -1.02. The number of rotatable bonds is 6. The highest BCUT2D eigenvalue weighted by Crippen LogP contribution is 2.25. The van der Waals surface area contributed by atoms with Crippen molar-refractivity contribution in [2.24, 2.45) is 5.92 Å². The number of piperidine rings is 1. The SMILES string of the molecule is CCOC(=O)C1CCN(C(=O)[C@@H](C)[NH+]2CC[NH+](Cc3ccc4c(c3)CCO4)CC2)CC1. The lowest BCUT2D eigenvalue weighted by Crippen LogP contribution is -3.29. The Labute approximate surface area is 185 Å². The van der Waals surface area contributed by atoms with Gasteiger partial charge in [-0.25, -0.2) is 0 Å². The number of likely N-dealkylation sites (tertiary alicyclic amines) is 1. The number of piperazine rings is 1. The van der Waals surface area contributed by atoms with E-state index in [4.69, 9.17) is 9.47 Å². The van der Waals surface area contributed by atoms with Crippen molar-refractivity contribution in [1.82, 2.24) is 4.90 Å². The summed E-state index contributed by atoms with van der Waals surface area (Å²) >= 11 is 0. The van der Waals surface area contributed by atoms with E-state index in [1.54, 1.807) is 4.90 Å². The van der Waals surface area contributed by atoms with Crippen LogP contribution in [0.25, 0.3) is 0 Å². The number of carbonyl (C=O) groups excluding carboxylic acids is 2.